The molecular weight excluding hydrogens is 232 g/mol. The van der Waals surface area contributed by atoms with Crippen molar-refractivity contribution in [2.24, 2.45) is 5.41 Å². The number of fused-ring (bicyclic) bond motifs is 1. The van der Waals surface area contributed by atoms with Crippen LogP contribution in [0.15, 0.2) is 18.2 Å². The van der Waals surface area contributed by atoms with Crippen molar-refractivity contribution in [2.45, 2.75) is 46.1 Å². The van der Waals surface area contributed by atoms with Gasteiger partial charge in [-0.15, -0.1) is 0 Å². The van der Waals surface area contributed by atoms with E-state index in [9.17, 15) is 0 Å². The summed E-state index contributed by atoms with van der Waals surface area (Å²) in [6.45, 7) is 9.58. The third-order valence-electron chi connectivity index (χ3n) is 4.80. The number of likely N-dealkylation sites (tertiary alicyclic amines) is 1. The van der Waals surface area contributed by atoms with Gasteiger partial charge in [-0.25, -0.2) is 0 Å². The van der Waals surface area contributed by atoms with Gasteiger partial charge in [0, 0.05) is 18.8 Å². The lowest BCUT2D eigenvalue weighted by Gasteiger charge is -2.37. The van der Waals surface area contributed by atoms with Crippen LogP contribution in [0.3, 0.4) is 0 Å². The third-order valence-corrected chi connectivity index (χ3v) is 4.80. The summed E-state index contributed by atoms with van der Waals surface area (Å²) in [4.78, 5) is 2.63. The lowest BCUT2D eigenvalue weighted by molar-refractivity contribution is 0.127. The Kier molecular flexibility index (Phi) is 3.53. The molecule has 104 valence electrons. The van der Waals surface area contributed by atoms with Crippen LogP contribution in [0.2, 0.25) is 0 Å². The molecule has 2 aliphatic heterocycles. The van der Waals surface area contributed by atoms with Crippen molar-refractivity contribution in [1.29, 1.82) is 0 Å². The zero-order valence-corrected chi connectivity index (χ0v) is 12.3. The van der Waals surface area contributed by atoms with Crippen molar-refractivity contribution < 1.29 is 0 Å². The summed E-state index contributed by atoms with van der Waals surface area (Å²) in [7, 11) is 0. The summed E-state index contributed by atoms with van der Waals surface area (Å²) in [6, 6.07) is 6.77. The summed E-state index contributed by atoms with van der Waals surface area (Å²) < 4.78 is 0. The first-order valence-corrected chi connectivity index (χ1v) is 7.71. The molecule has 2 nitrogen and oxygen atoms in total. The minimum absolute atomic E-state index is 0.550. The summed E-state index contributed by atoms with van der Waals surface area (Å²) in [6.07, 6.45) is 5.19. The lowest BCUT2D eigenvalue weighted by atomic mass is 9.82. The minimum Gasteiger partial charge on any atom is -0.385 e. The Balaban J connectivity index is 1.70. The van der Waals surface area contributed by atoms with Gasteiger partial charge in [-0.05, 0) is 61.4 Å². The highest BCUT2D eigenvalue weighted by atomic mass is 15.1. The highest BCUT2D eigenvalue weighted by Crippen LogP contribution is 2.32. The predicted molar refractivity (Wildman–Crippen MR) is 81.5 cm³/mol. The highest BCUT2D eigenvalue weighted by molar-refractivity contribution is 5.56. The van der Waals surface area contributed by atoms with Crippen molar-refractivity contribution in [3.63, 3.8) is 0 Å². The van der Waals surface area contributed by atoms with Gasteiger partial charge in [-0.2, -0.15) is 0 Å². The number of hydrogen-bond acceptors (Lipinski definition) is 2. The Morgan fingerprint density at radius 3 is 2.79 bits per heavy atom. The summed E-state index contributed by atoms with van der Waals surface area (Å²) in [5.74, 6) is 0. The van der Waals surface area contributed by atoms with Crippen molar-refractivity contribution >= 4 is 5.69 Å². The highest BCUT2D eigenvalue weighted by Gasteiger charge is 2.25. The number of rotatable bonds is 2. The molecule has 19 heavy (non-hydrogen) atoms. The summed E-state index contributed by atoms with van der Waals surface area (Å²) >= 11 is 0. The number of hydrogen-bond donors (Lipinski definition) is 1. The third kappa shape index (κ3) is 2.94. The minimum atomic E-state index is 0.550. The van der Waals surface area contributed by atoms with E-state index in [0.717, 1.165) is 13.1 Å². The Labute approximate surface area is 117 Å². The molecule has 0 unspecified atom stereocenters. The van der Waals surface area contributed by atoms with Crippen molar-refractivity contribution in [3.8, 4) is 0 Å². The van der Waals surface area contributed by atoms with E-state index in [0.29, 0.717) is 5.41 Å². The van der Waals surface area contributed by atoms with Crippen molar-refractivity contribution in [2.75, 3.05) is 25.0 Å². The molecule has 0 saturated carbocycles. The number of piperidine rings is 1. The molecule has 2 aliphatic rings. The van der Waals surface area contributed by atoms with Gasteiger partial charge in [0.1, 0.15) is 0 Å². The van der Waals surface area contributed by atoms with Gasteiger partial charge in [0.2, 0.25) is 0 Å². The smallest absolute Gasteiger partial charge is 0.0375 e. The van der Waals surface area contributed by atoms with Gasteiger partial charge >= 0.3 is 0 Å². The SMILES string of the molecule is CC1(C)CCN(Cc2cccc3c2CCCN3)CC1. The van der Waals surface area contributed by atoms with Crippen LogP contribution in [-0.4, -0.2) is 24.5 Å². The molecule has 0 aromatic heterocycles. The number of nitrogens with zero attached hydrogens (tertiary/aromatic N) is 1. The van der Waals surface area contributed by atoms with Crippen LogP contribution in [0.1, 0.15) is 44.2 Å². The molecule has 1 fully saturated rings. The average Bonchev–Trinajstić information content (AvgIpc) is 2.42. The summed E-state index contributed by atoms with van der Waals surface area (Å²) in [5, 5.41) is 3.53. The van der Waals surface area contributed by atoms with Gasteiger partial charge in [-0.1, -0.05) is 26.0 Å². The number of benzene rings is 1. The van der Waals surface area contributed by atoms with Crippen LogP contribution in [0, 0.1) is 5.41 Å². The molecule has 1 aromatic rings. The second-order valence-electron chi connectivity index (χ2n) is 6.91. The zero-order valence-electron chi connectivity index (χ0n) is 12.3. The Bertz CT molecular complexity index is 441. The second kappa shape index (κ2) is 5.16. The maximum atomic E-state index is 3.53. The van der Waals surface area contributed by atoms with Crippen LogP contribution in [0.25, 0.3) is 0 Å². The van der Waals surface area contributed by atoms with Crippen molar-refractivity contribution in [1.82, 2.24) is 4.90 Å². The maximum absolute atomic E-state index is 3.53. The fourth-order valence-corrected chi connectivity index (χ4v) is 3.29. The van der Waals surface area contributed by atoms with Crippen LogP contribution in [-0.2, 0) is 13.0 Å². The molecule has 0 amide bonds. The van der Waals surface area contributed by atoms with Gasteiger partial charge in [0.05, 0.1) is 0 Å². The standard InChI is InChI=1S/C17H26N2/c1-17(2)8-11-19(12-9-17)13-14-5-3-7-16-15(14)6-4-10-18-16/h3,5,7,18H,4,6,8-13H2,1-2H3. The normalized spacial score (nSPS) is 22.6. The van der Waals surface area contributed by atoms with Gasteiger partial charge in [-0.3, -0.25) is 4.90 Å². The molecule has 3 rings (SSSR count). The lowest BCUT2D eigenvalue weighted by Crippen LogP contribution is -2.37. The van der Waals surface area contributed by atoms with Crippen molar-refractivity contribution in [3.05, 3.63) is 29.3 Å². The van der Waals surface area contributed by atoms with Crippen LogP contribution in [0.4, 0.5) is 5.69 Å². The first-order chi connectivity index (χ1) is 9.14. The molecule has 0 bridgehead atoms. The van der Waals surface area contributed by atoms with Crippen LogP contribution < -0.4 is 5.32 Å². The molecule has 0 aliphatic carbocycles. The molecule has 0 atom stereocenters. The van der Waals surface area contributed by atoms with E-state index in [1.807, 2.05) is 0 Å². The molecule has 0 radical (unpaired) electrons. The largest absolute Gasteiger partial charge is 0.385 e. The Morgan fingerprint density at radius 2 is 2.00 bits per heavy atom. The molecule has 1 aromatic carbocycles. The van der Waals surface area contributed by atoms with Crippen LogP contribution in [0.5, 0.6) is 0 Å². The number of nitrogens with one attached hydrogen (secondary N) is 1. The maximum Gasteiger partial charge on any atom is 0.0375 e. The summed E-state index contributed by atoms with van der Waals surface area (Å²) in [5.41, 5.74) is 5.04. The topological polar surface area (TPSA) is 15.3 Å². The Hall–Kier alpha value is -1.02. The molecular formula is C17H26N2. The molecule has 1 N–H and O–H groups in total. The van der Waals surface area contributed by atoms with E-state index in [-0.39, 0.29) is 0 Å². The van der Waals surface area contributed by atoms with Gasteiger partial charge in [0.25, 0.3) is 0 Å². The molecule has 0 spiro atoms. The first-order valence-electron chi connectivity index (χ1n) is 7.71. The van der Waals surface area contributed by atoms with Gasteiger partial charge < -0.3 is 5.32 Å². The van der Waals surface area contributed by atoms with Gasteiger partial charge in [0.15, 0.2) is 0 Å². The van der Waals surface area contributed by atoms with Crippen LogP contribution >= 0.6 is 0 Å². The zero-order chi connectivity index (χ0) is 13.3. The van der Waals surface area contributed by atoms with E-state index in [4.69, 9.17) is 0 Å². The molecule has 2 heterocycles. The first kappa shape index (κ1) is 13.0. The monoisotopic (exact) mass is 258 g/mol. The quantitative estimate of drug-likeness (QED) is 0.871. The fraction of sp³-hybridized carbons (Fsp3) is 0.647. The molecule has 1 saturated heterocycles. The van der Waals surface area contributed by atoms with E-state index in [2.05, 4.69) is 42.3 Å². The molecule has 2 heteroatoms. The second-order valence-corrected chi connectivity index (χ2v) is 6.91. The average molecular weight is 258 g/mol. The predicted octanol–water partition coefficient (Wildman–Crippen LogP) is 3.67. The number of anilines is 1. The van der Waals surface area contributed by atoms with E-state index in [1.165, 1.54) is 44.5 Å². The van der Waals surface area contributed by atoms with E-state index in [1.54, 1.807) is 11.1 Å². The van der Waals surface area contributed by atoms with E-state index >= 15 is 0 Å². The van der Waals surface area contributed by atoms with E-state index < -0.39 is 0 Å². The Morgan fingerprint density at radius 1 is 1.21 bits per heavy atom. The fourth-order valence-electron chi connectivity index (χ4n) is 3.29.